The number of carbonyl (C=O) groups is 2. The smallest absolute Gasteiger partial charge is 0.327 e. The van der Waals surface area contributed by atoms with Crippen LogP contribution in [0.25, 0.3) is 0 Å². The minimum atomic E-state index is -0.236. The first-order chi connectivity index (χ1) is 16.9. The summed E-state index contributed by atoms with van der Waals surface area (Å²) >= 11 is 0. The molecule has 3 amide bonds. The monoisotopic (exact) mass is 492 g/mol. The van der Waals surface area contributed by atoms with Crippen LogP contribution in [0.2, 0.25) is 0 Å². The molecular weight excluding hydrogens is 440 g/mol. The molecule has 2 atom stereocenters. The summed E-state index contributed by atoms with van der Waals surface area (Å²) in [5.74, 6) is -0.103. The Bertz CT molecular complexity index is 653. The van der Waals surface area contributed by atoms with Crippen LogP contribution in [0, 0.1) is 10.8 Å². The fraction of sp³-hybridized carbons (Fsp3) is 0.793. The summed E-state index contributed by atoms with van der Waals surface area (Å²) < 4.78 is 5.90. The molecule has 6 nitrogen and oxygen atoms in total. The summed E-state index contributed by atoms with van der Waals surface area (Å²) in [6, 6.07) is -0.172. The van der Waals surface area contributed by atoms with Gasteiger partial charge in [-0.25, -0.2) is 4.79 Å². The van der Waals surface area contributed by atoms with Gasteiger partial charge in [-0.15, -0.1) is 13.2 Å². The quantitative estimate of drug-likeness (QED) is 0.109. The Labute approximate surface area is 214 Å². The van der Waals surface area contributed by atoms with Gasteiger partial charge < -0.3 is 14.7 Å². The molecular formula is C29H52N2O4. The third-order valence-electron chi connectivity index (χ3n) is 8.02. The minimum absolute atomic E-state index is 0.103. The first kappa shape index (κ1) is 31.4. The van der Waals surface area contributed by atoms with Gasteiger partial charge in [0.1, 0.15) is 6.54 Å². The average Bonchev–Trinajstić information content (AvgIpc) is 3.15. The number of allylic oxidation sites excluding steroid dienone is 1. The van der Waals surface area contributed by atoms with Gasteiger partial charge in [0.05, 0.1) is 0 Å². The lowest BCUT2D eigenvalue weighted by atomic mass is 9.76. The van der Waals surface area contributed by atoms with Crippen molar-refractivity contribution in [1.82, 2.24) is 9.80 Å². The van der Waals surface area contributed by atoms with E-state index in [2.05, 4.69) is 33.1 Å². The van der Waals surface area contributed by atoms with Crippen molar-refractivity contribution < 1.29 is 19.4 Å². The Balaban J connectivity index is 2.30. The van der Waals surface area contributed by atoms with Gasteiger partial charge in [-0.3, -0.25) is 9.69 Å². The number of hydrogen-bond donors (Lipinski definition) is 1. The summed E-state index contributed by atoms with van der Waals surface area (Å²) in [6.07, 6.45) is 16.5. The third kappa shape index (κ3) is 10.1. The molecule has 0 aromatic rings. The summed E-state index contributed by atoms with van der Waals surface area (Å²) in [6.45, 7) is 17.4. The van der Waals surface area contributed by atoms with Crippen LogP contribution in [-0.4, -0.2) is 66.3 Å². The molecule has 0 radical (unpaired) electrons. The normalized spacial score (nSPS) is 17.5. The van der Waals surface area contributed by atoms with Crippen molar-refractivity contribution in [2.24, 2.45) is 10.8 Å². The number of aliphatic hydroxyl groups excluding tert-OH is 1. The molecule has 1 saturated heterocycles. The van der Waals surface area contributed by atoms with E-state index in [0.717, 1.165) is 90.3 Å². The lowest BCUT2D eigenvalue weighted by Crippen LogP contribution is -2.41. The molecule has 0 aliphatic carbocycles. The first-order valence-corrected chi connectivity index (χ1v) is 13.9. The molecule has 1 N–H and O–H groups in total. The summed E-state index contributed by atoms with van der Waals surface area (Å²) in [5.41, 5.74) is -0.0175. The number of nitrogens with zero attached hydrogens (tertiary/aromatic N) is 2. The zero-order chi connectivity index (χ0) is 26.2. The highest BCUT2D eigenvalue weighted by molar-refractivity contribution is 6.02. The van der Waals surface area contributed by atoms with Crippen molar-refractivity contribution in [3.8, 4) is 0 Å². The van der Waals surface area contributed by atoms with Crippen molar-refractivity contribution in [2.75, 3.05) is 39.5 Å². The Morgan fingerprint density at radius 2 is 1.40 bits per heavy atom. The van der Waals surface area contributed by atoms with E-state index >= 15 is 0 Å². The van der Waals surface area contributed by atoms with E-state index in [1.165, 1.54) is 4.90 Å². The van der Waals surface area contributed by atoms with Crippen molar-refractivity contribution in [3.63, 3.8) is 0 Å². The molecule has 0 aromatic heterocycles. The van der Waals surface area contributed by atoms with Crippen LogP contribution in [-0.2, 0) is 9.53 Å². The molecule has 1 fully saturated rings. The van der Waals surface area contributed by atoms with Crippen LogP contribution < -0.4 is 0 Å². The third-order valence-corrected chi connectivity index (χ3v) is 8.02. The van der Waals surface area contributed by atoms with E-state index in [-0.39, 0.29) is 35.9 Å². The number of imide groups is 1. The first-order valence-electron chi connectivity index (χ1n) is 13.9. The van der Waals surface area contributed by atoms with Gasteiger partial charge in [0.25, 0.3) is 0 Å². The molecule has 1 aliphatic heterocycles. The zero-order valence-corrected chi connectivity index (χ0v) is 22.9. The van der Waals surface area contributed by atoms with Crippen LogP contribution >= 0.6 is 0 Å². The summed E-state index contributed by atoms with van der Waals surface area (Å²) in [7, 11) is 0. The van der Waals surface area contributed by atoms with Crippen LogP contribution in [0.15, 0.2) is 25.3 Å². The number of ether oxygens (including phenoxy) is 1. The van der Waals surface area contributed by atoms with Gasteiger partial charge in [0, 0.05) is 38.3 Å². The number of aliphatic hydroxyl groups is 1. The molecule has 1 rings (SSSR count). The second-order valence-electron chi connectivity index (χ2n) is 10.2. The molecule has 0 spiro atoms. The van der Waals surface area contributed by atoms with Gasteiger partial charge in [-0.05, 0) is 63.7 Å². The van der Waals surface area contributed by atoms with Crippen LogP contribution in [0.3, 0.4) is 0 Å². The molecule has 6 heteroatoms. The van der Waals surface area contributed by atoms with E-state index in [0.29, 0.717) is 13.1 Å². The molecule has 1 aliphatic rings. The number of rotatable bonds is 22. The van der Waals surface area contributed by atoms with Crippen molar-refractivity contribution in [1.29, 1.82) is 0 Å². The van der Waals surface area contributed by atoms with Crippen LogP contribution in [0.1, 0.15) is 97.8 Å². The molecule has 0 bridgehead atoms. The van der Waals surface area contributed by atoms with Crippen molar-refractivity contribution in [2.45, 2.75) is 97.8 Å². The standard InChI is InChI=1S/C29H52N2O4/c1-6-28(7-2,18-12-11-15-21-32)19-13-16-22-35-23-17-14-20-29(8-3,9-4)25-31-26(33)24-30(10-5)27(31)34/h6,8,32H,1,3,7,9-25H2,2,4-5H3. The number of carbonyl (C=O) groups excluding carboxylic acids is 2. The molecule has 0 aromatic carbocycles. The van der Waals surface area contributed by atoms with Crippen molar-refractivity contribution >= 4 is 11.9 Å². The van der Waals surface area contributed by atoms with E-state index in [4.69, 9.17) is 9.84 Å². The maximum Gasteiger partial charge on any atom is 0.327 e. The Hall–Kier alpha value is -1.66. The predicted octanol–water partition coefficient (Wildman–Crippen LogP) is 6.35. The van der Waals surface area contributed by atoms with Gasteiger partial charge in [-0.2, -0.15) is 0 Å². The minimum Gasteiger partial charge on any atom is -0.396 e. The fourth-order valence-electron chi connectivity index (χ4n) is 5.05. The van der Waals surface area contributed by atoms with E-state index < -0.39 is 0 Å². The molecule has 1 heterocycles. The highest BCUT2D eigenvalue weighted by Gasteiger charge is 2.39. The topological polar surface area (TPSA) is 70.1 Å². The fourth-order valence-corrected chi connectivity index (χ4v) is 5.05. The van der Waals surface area contributed by atoms with Crippen LogP contribution in [0.5, 0.6) is 0 Å². The molecule has 2 unspecified atom stereocenters. The summed E-state index contributed by atoms with van der Waals surface area (Å²) in [5, 5.41) is 8.98. The highest BCUT2D eigenvalue weighted by Crippen LogP contribution is 2.36. The van der Waals surface area contributed by atoms with Gasteiger partial charge >= 0.3 is 6.03 Å². The number of likely N-dealkylation sites (N-methyl/N-ethyl adjacent to an activating group) is 1. The second kappa shape index (κ2) is 16.9. The highest BCUT2D eigenvalue weighted by atomic mass is 16.5. The lowest BCUT2D eigenvalue weighted by Gasteiger charge is -2.33. The largest absolute Gasteiger partial charge is 0.396 e. The predicted molar refractivity (Wildman–Crippen MR) is 144 cm³/mol. The summed E-state index contributed by atoms with van der Waals surface area (Å²) in [4.78, 5) is 27.8. The number of hydrogen-bond acceptors (Lipinski definition) is 4. The van der Waals surface area contributed by atoms with Gasteiger partial charge in [0.15, 0.2) is 0 Å². The number of amides is 3. The molecule has 202 valence electrons. The Morgan fingerprint density at radius 3 is 1.86 bits per heavy atom. The van der Waals surface area contributed by atoms with Crippen LogP contribution in [0.4, 0.5) is 4.79 Å². The number of urea groups is 1. The maximum atomic E-state index is 12.5. The van der Waals surface area contributed by atoms with Crippen molar-refractivity contribution in [3.05, 3.63) is 25.3 Å². The van der Waals surface area contributed by atoms with E-state index in [1.54, 1.807) is 4.90 Å². The maximum absolute atomic E-state index is 12.5. The number of unbranched alkanes of at least 4 members (excludes halogenated alkanes) is 4. The Morgan fingerprint density at radius 1 is 0.857 bits per heavy atom. The lowest BCUT2D eigenvalue weighted by molar-refractivity contribution is -0.126. The molecule has 35 heavy (non-hydrogen) atoms. The SMILES string of the molecule is C=CC(CC)(CCCCCO)CCCCOCCCCC(C=C)(CC)CN1C(=O)CN(CC)C1=O. The average molecular weight is 493 g/mol. The Kier molecular flexibility index (Phi) is 15.2. The molecule has 0 saturated carbocycles. The van der Waals surface area contributed by atoms with Gasteiger partial charge in [0.2, 0.25) is 5.91 Å². The zero-order valence-electron chi connectivity index (χ0n) is 22.9. The van der Waals surface area contributed by atoms with Gasteiger partial charge in [-0.1, -0.05) is 51.7 Å². The van der Waals surface area contributed by atoms with E-state index in [9.17, 15) is 9.59 Å². The van der Waals surface area contributed by atoms with E-state index in [1.807, 2.05) is 13.0 Å². The second-order valence-corrected chi connectivity index (χ2v) is 10.2.